The second-order valence-electron chi connectivity index (χ2n) is 6.57. The van der Waals surface area contributed by atoms with E-state index in [0.29, 0.717) is 6.61 Å². The lowest BCUT2D eigenvalue weighted by molar-refractivity contribution is 0.302. The number of ether oxygens (including phenoxy) is 1. The summed E-state index contributed by atoms with van der Waals surface area (Å²) in [5.74, 6) is 0.976. The number of nitrogens with one attached hydrogen (secondary N) is 1. The lowest BCUT2D eigenvalue weighted by Crippen LogP contribution is -2.15. The van der Waals surface area contributed by atoms with Crippen LogP contribution in [0, 0.1) is 6.92 Å². The summed E-state index contributed by atoms with van der Waals surface area (Å²) in [5.41, 5.74) is 3.72. The number of aryl methyl sites for hydroxylation is 1. The van der Waals surface area contributed by atoms with Crippen LogP contribution in [0.1, 0.15) is 36.5 Å². The summed E-state index contributed by atoms with van der Waals surface area (Å²) in [6, 6.07) is 21.3. The molecule has 0 atom stereocenters. The maximum absolute atomic E-state index is 6.20. The van der Waals surface area contributed by atoms with Crippen LogP contribution in [-0.4, -0.2) is 6.54 Å². The normalized spacial score (nSPS) is 11.0. The molecule has 0 amide bonds. The SMILES string of the molecule is CCCCNCc1c(OCc2cccc(C)c2)ccc2ccccc12. The summed E-state index contributed by atoms with van der Waals surface area (Å²) in [7, 11) is 0. The van der Waals surface area contributed by atoms with Crippen molar-refractivity contribution in [1.82, 2.24) is 5.32 Å². The highest BCUT2D eigenvalue weighted by molar-refractivity contribution is 5.87. The third-order valence-electron chi connectivity index (χ3n) is 4.48. The fraction of sp³-hybridized carbons (Fsp3) is 0.304. The minimum atomic E-state index is 0.599. The van der Waals surface area contributed by atoms with E-state index >= 15 is 0 Å². The molecule has 25 heavy (non-hydrogen) atoms. The first-order valence-corrected chi connectivity index (χ1v) is 9.17. The lowest BCUT2D eigenvalue weighted by Gasteiger charge is -2.15. The molecule has 0 radical (unpaired) electrons. The Hall–Kier alpha value is -2.32. The Labute approximate surface area is 150 Å². The molecule has 3 aromatic carbocycles. The van der Waals surface area contributed by atoms with Crippen molar-refractivity contribution in [3.8, 4) is 5.75 Å². The first-order valence-electron chi connectivity index (χ1n) is 9.17. The molecule has 3 rings (SSSR count). The minimum absolute atomic E-state index is 0.599. The topological polar surface area (TPSA) is 21.3 Å². The molecular formula is C23H27NO. The largest absolute Gasteiger partial charge is 0.489 e. The maximum Gasteiger partial charge on any atom is 0.124 e. The summed E-state index contributed by atoms with van der Waals surface area (Å²) in [6.45, 7) is 6.81. The Morgan fingerprint density at radius 2 is 1.84 bits per heavy atom. The van der Waals surface area contributed by atoms with E-state index in [9.17, 15) is 0 Å². The molecule has 0 bridgehead atoms. The summed E-state index contributed by atoms with van der Waals surface area (Å²) in [5, 5.41) is 6.10. The molecule has 0 heterocycles. The summed E-state index contributed by atoms with van der Waals surface area (Å²) >= 11 is 0. The van der Waals surface area contributed by atoms with Gasteiger partial charge in [0.05, 0.1) is 0 Å². The average Bonchev–Trinajstić information content (AvgIpc) is 2.64. The zero-order chi connectivity index (χ0) is 17.5. The van der Waals surface area contributed by atoms with E-state index in [1.54, 1.807) is 0 Å². The van der Waals surface area contributed by atoms with Crippen LogP contribution in [0.15, 0.2) is 60.7 Å². The van der Waals surface area contributed by atoms with E-state index < -0.39 is 0 Å². The quantitative estimate of drug-likeness (QED) is 0.540. The predicted octanol–water partition coefficient (Wildman–Crippen LogP) is 5.62. The molecule has 1 N–H and O–H groups in total. The minimum Gasteiger partial charge on any atom is -0.489 e. The fourth-order valence-corrected chi connectivity index (χ4v) is 3.11. The fourth-order valence-electron chi connectivity index (χ4n) is 3.11. The molecule has 0 aliphatic heterocycles. The highest BCUT2D eigenvalue weighted by Crippen LogP contribution is 2.28. The average molecular weight is 333 g/mol. The van der Waals surface area contributed by atoms with Gasteiger partial charge >= 0.3 is 0 Å². The van der Waals surface area contributed by atoms with Crippen molar-refractivity contribution >= 4 is 10.8 Å². The molecule has 0 aliphatic carbocycles. The van der Waals surface area contributed by atoms with Gasteiger partial charge < -0.3 is 10.1 Å². The number of unbranched alkanes of at least 4 members (excludes halogenated alkanes) is 1. The van der Waals surface area contributed by atoms with Crippen LogP contribution in [0.25, 0.3) is 10.8 Å². The zero-order valence-electron chi connectivity index (χ0n) is 15.2. The smallest absolute Gasteiger partial charge is 0.124 e. The summed E-state index contributed by atoms with van der Waals surface area (Å²) in [4.78, 5) is 0. The van der Waals surface area contributed by atoms with Gasteiger partial charge in [0.15, 0.2) is 0 Å². The van der Waals surface area contributed by atoms with Crippen molar-refractivity contribution in [3.63, 3.8) is 0 Å². The van der Waals surface area contributed by atoms with E-state index in [0.717, 1.165) is 18.8 Å². The van der Waals surface area contributed by atoms with Crippen LogP contribution < -0.4 is 10.1 Å². The van der Waals surface area contributed by atoms with Gasteiger partial charge in [-0.3, -0.25) is 0 Å². The van der Waals surface area contributed by atoms with Crippen LogP contribution in [-0.2, 0) is 13.2 Å². The van der Waals surface area contributed by atoms with E-state index in [4.69, 9.17) is 4.74 Å². The third kappa shape index (κ3) is 4.61. The van der Waals surface area contributed by atoms with Crippen LogP contribution >= 0.6 is 0 Å². The van der Waals surface area contributed by atoms with E-state index in [-0.39, 0.29) is 0 Å². The molecule has 130 valence electrons. The molecule has 3 aromatic rings. The Morgan fingerprint density at radius 1 is 0.960 bits per heavy atom. The van der Waals surface area contributed by atoms with Crippen LogP contribution in [0.2, 0.25) is 0 Å². The summed E-state index contributed by atoms with van der Waals surface area (Å²) in [6.07, 6.45) is 2.41. The van der Waals surface area contributed by atoms with Crippen LogP contribution in [0.4, 0.5) is 0 Å². The molecule has 0 unspecified atom stereocenters. The monoisotopic (exact) mass is 333 g/mol. The van der Waals surface area contributed by atoms with Crippen molar-refractivity contribution in [2.45, 2.75) is 39.8 Å². The number of hydrogen-bond acceptors (Lipinski definition) is 2. The van der Waals surface area contributed by atoms with Crippen molar-refractivity contribution in [2.75, 3.05) is 6.54 Å². The Kier molecular flexibility index (Phi) is 6.08. The first-order chi connectivity index (χ1) is 12.3. The predicted molar refractivity (Wildman–Crippen MR) is 106 cm³/mol. The molecule has 0 saturated heterocycles. The van der Waals surface area contributed by atoms with E-state index in [1.165, 1.54) is 40.3 Å². The number of fused-ring (bicyclic) bond motifs is 1. The third-order valence-corrected chi connectivity index (χ3v) is 4.48. The molecule has 0 aliphatic rings. The van der Waals surface area contributed by atoms with Crippen molar-refractivity contribution < 1.29 is 4.74 Å². The van der Waals surface area contributed by atoms with Crippen LogP contribution in [0.5, 0.6) is 5.75 Å². The van der Waals surface area contributed by atoms with Gasteiger partial charge in [0.1, 0.15) is 12.4 Å². The van der Waals surface area contributed by atoms with Gasteiger partial charge in [0.25, 0.3) is 0 Å². The molecule has 0 aromatic heterocycles. The summed E-state index contributed by atoms with van der Waals surface area (Å²) < 4.78 is 6.20. The lowest BCUT2D eigenvalue weighted by atomic mass is 10.0. The Balaban J connectivity index is 1.82. The molecule has 2 heteroatoms. The van der Waals surface area contributed by atoms with Gasteiger partial charge in [0.2, 0.25) is 0 Å². The number of rotatable bonds is 8. The van der Waals surface area contributed by atoms with Gasteiger partial charge in [0, 0.05) is 12.1 Å². The van der Waals surface area contributed by atoms with Crippen molar-refractivity contribution in [3.05, 3.63) is 77.4 Å². The molecular weight excluding hydrogens is 306 g/mol. The van der Waals surface area contributed by atoms with Crippen LogP contribution in [0.3, 0.4) is 0 Å². The molecule has 0 spiro atoms. The Bertz CT molecular complexity index is 825. The van der Waals surface area contributed by atoms with Crippen molar-refractivity contribution in [1.29, 1.82) is 0 Å². The Morgan fingerprint density at radius 3 is 2.68 bits per heavy atom. The molecule has 0 saturated carbocycles. The highest BCUT2D eigenvalue weighted by Gasteiger charge is 2.09. The van der Waals surface area contributed by atoms with E-state index in [2.05, 4.69) is 79.8 Å². The van der Waals surface area contributed by atoms with Gasteiger partial charge in [-0.25, -0.2) is 0 Å². The second-order valence-corrected chi connectivity index (χ2v) is 6.57. The zero-order valence-corrected chi connectivity index (χ0v) is 15.2. The molecule has 0 fully saturated rings. The first kappa shape index (κ1) is 17.5. The maximum atomic E-state index is 6.20. The van der Waals surface area contributed by atoms with Gasteiger partial charge in [-0.2, -0.15) is 0 Å². The van der Waals surface area contributed by atoms with E-state index in [1.807, 2.05) is 0 Å². The van der Waals surface area contributed by atoms with Gasteiger partial charge in [-0.05, 0) is 42.3 Å². The standard InChI is InChI=1S/C23H27NO/c1-3-4-14-24-16-22-21-11-6-5-10-20(21)12-13-23(22)25-17-19-9-7-8-18(2)15-19/h5-13,15,24H,3-4,14,16-17H2,1-2H3. The van der Waals surface area contributed by atoms with Gasteiger partial charge in [-0.15, -0.1) is 0 Å². The highest BCUT2D eigenvalue weighted by atomic mass is 16.5. The number of hydrogen-bond donors (Lipinski definition) is 1. The molecule has 2 nitrogen and oxygen atoms in total. The number of benzene rings is 3. The second kappa shape index (κ2) is 8.68. The van der Waals surface area contributed by atoms with Gasteiger partial charge in [-0.1, -0.05) is 73.5 Å². The van der Waals surface area contributed by atoms with Crippen molar-refractivity contribution in [2.24, 2.45) is 0 Å².